The zero-order valence-corrected chi connectivity index (χ0v) is 12.3. The van der Waals surface area contributed by atoms with Crippen LogP contribution in [0.25, 0.3) is 0 Å². The third-order valence-corrected chi connectivity index (χ3v) is 4.39. The number of aliphatic hydroxyl groups excluding tert-OH is 1. The standard InChI is InChI=1S/C15H21ClFNO/c1-18(2)10-15(8-4-3-5-14(15)19)11-6-7-12(16)13(17)9-11/h6-7,9,14,19H,3-5,8,10H2,1-2H3/t14-,15+/m0/s1. The Morgan fingerprint density at radius 2 is 2.16 bits per heavy atom. The van der Waals surface area contributed by atoms with Crippen LogP contribution in [0.15, 0.2) is 18.2 Å². The molecule has 0 amide bonds. The summed E-state index contributed by atoms with van der Waals surface area (Å²) in [5, 5.41) is 10.6. The van der Waals surface area contributed by atoms with E-state index in [0.29, 0.717) is 0 Å². The van der Waals surface area contributed by atoms with Crippen molar-refractivity contribution in [3.63, 3.8) is 0 Å². The molecule has 0 radical (unpaired) electrons. The van der Waals surface area contributed by atoms with Gasteiger partial charge in [-0.05, 0) is 44.6 Å². The molecule has 0 unspecified atom stereocenters. The zero-order chi connectivity index (χ0) is 14.0. The molecule has 0 spiro atoms. The normalized spacial score (nSPS) is 27.8. The molecule has 1 fully saturated rings. The summed E-state index contributed by atoms with van der Waals surface area (Å²) in [5.41, 5.74) is 0.475. The van der Waals surface area contributed by atoms with Gasteiger partial charge < -0.3 is 10.0 Å². The lowest BCUT2D eigenvalue weighted by Crippen LogP contribution is -2.49. The predicted octanol–water partition coefficient (Wildman–Crippen LogP) is 3.21. The Balaban J connectivity index is 2.43. The van der Waals surface area contributed by atoms with Crippen molar-refractivity contribution in [1.29, 1.82) is 0 Å². The second-order valence-electron chi connectivity index (χ2n) is 5.78. The van der Waals surface area contributed by atoms with Crippen LogP contribution < -0.4 is 0 Å². The van der Waals surface area contributed by atoms with E-state index in [2.05, 4.69) is 4.90 Å². The highest BCUT2D eigenvalue weighted by atomic mass is 35.5. The summed E-state index contributed by atoms with van der Waals surface area (Å²) in [6, 6.07) is 4.93. The van der Waals surface area contributed by atoms with Gasteiger partial charge in [0, 0.05) is 12.0 Å². The van der Waals surface area contributed by atoms with Gasteiger partial charge in [-0.1, -0.05) is 30.5 Å². The first kappa shape index (κ1) is 14.8. The molecule has 0 saturated heterocycles. The van der Waals surface area contributed by atoms with Crippen molar-refractivity contribution in [3.8, 4) is 0 Å². The van der Waals surface area contributed by atoms with Crippen LogP contribution in [0.3, 0.4) is 0 Å². The number of nitrogens with zero attached hydrogens (tertiary/aromatic N) is 1. The Bertz CT molecular complexity index is 452. The minimum absolute atomic E-state index is 0.133. The number of rotatable bonds is 3. The molecular formula is C15H21ClFNO. The summed E-state index contributed by atoms with van der Waals surface area (Å²) in [5.74, 6) is -0.407. The van der Waals surface area contributed by atoms with E-state index >= 15 is 0 Å². The monoisotopic (exact) mass is 285 g/mol. The Labute approximate surface area is 119 Å². The first-order chi connectivity index (χ1) is 8.95. The van der Waals surface area contributed by atoms with Crippen LogP contribution in [0.5, 0.6) is 0 Å². The van der Waals surface area contributed by atoms with E-state index in [9.17, 15) is 9.50 Å². The highest BCUT2D eigenvalue weighted by Gasteiger charge is 2.42. The molecule has 0 heterocycles. The molecule has 0 aliphatic heterocycles. The van der Waals surface area contributed by atoms with Crippen LogP contribution in [-0.2, 0) is 5.41 Å². The molecule has 2 nitrogen and oxygen atoms in total. The molecule has 1 aliphatic rings. The molecule has 19 heavy (non-hydrogen) atoms. The fraction of sp³-hybridized carbons (Fsp3) is 0.600. The maximum Gasteiger partial charge on any atom is 0.142 e. The van der Waals surface area contributed by atoms with Crippen molar-refractivity contribution in [1.82, 2.24) is 4.90 Å². The highest BCUT2D eigenvalue weighted by Crippen LogP contribution is 2.41. The van der Waals surface area contributed by atoms with Gasteiger partial charge in [0.2, 0.25) is 0 Å². The van der Waals surface area contributed by atoms with Crippen molar-refractivity contribution in [2.75, 3.05) is 20.6 Å². The third-order valence-electron chi connectivity index (χ3n) is 4.08. The summed E-state index contributed by atoms with van der Waals surface area (Å²) >= 11 is 5.76. The maximum absolute atomic E-state index is 13.7. The van der Waals surface area contributed by atoms with Crippen LogP contribution in [0.1, 0.15) is 31.2 Å². The first-order valence-electron chi connectivity index (χ1n) is 6.74. The average molecular weight is 286 g/mol. The first-order valence-corrected chi connectivity index (χ1v) is 7.12. The molecule has 1 saturated carbocycles. The van der Waals surface area contributed by atoms with Crippen molar-refractivity contribution in [2.45, 2.75) is 37.2 Å². The number of benzene rings is 1. The average Bonchev–Trinajstić information content (AvgIpc) is 2.35. The largest absolute Gasteiger partial charge is 0.392 e. The van der Waals surface area contributed by atoms with E-state index in [0.717, 1.165) is 37.8 Å². The second-order valence-corrected chi connectivity index (χ2v) is 6.19. The van der Waals surface area contributed by atoms with E-state index in [4.69, 9.17) is 11.6 Å². The van der Waals surface area contributed by atoms with Crippen molar-refractivity contribution >= 4 is 11.6 Å². The van der Waals surface area contributed by atoms with Gasteiger partial charge in [-0.3, -0.25) is 0 Å². The van der Waals surface area contributed by atoms with E-state index in [1.807, 2.05) is 20.2 Å². The topological polar surface area (TPSA) is 23.5 Å². The summed E-state index contributed by atoms with van der Waals surface area (Å²) < 4.78 is 13.7. The molecule has 4 heteroatoms. The molecule has 1 aliphatic carbocycles. The van der Waals surface area contributed by atoms with Gasteiger partial charge >= 0.3 is 0 Å². The van der Waals surface area contributed by atoms with Crippen LogP contribution >= 0.6 is 11.6 Å². The van der Waals surface area contributed by atoms with Gasteiger partial charge in [0.25, 0.3) is 0 Å². The second kappa shape index (κ2) is 5.78. The van der Waals surface area contributed by atoms with Crippen LogP contribution in [0.2, 0.25) is 5.02 Å². The summed E-state index contributed by atoms with van der Waals surface area (Å²) in [7, 11) is 3.96. The fourth-order valence-electron chi connectivity index (χ4n) is 3.20. The van der Waals surface area contributed by atoms with Gasteiger partial charge in [0.15, 0.2) is 0 Å². The summed E-state index contributed by atoms with van der Waals surface area (Å²) in [6.07, 6.45) is 3.33. The molecule has 0 aromatic heterocycles. The number of aliphatic hydroxyl groups is 1. The highest BCUT2D eigenvalue weighted by molar-refractivity contribution is 6.30. The SMILES string of the molecule is CN(C)C[C@@]1(c2ccc(Cl)c(F)c2)CCCC[C@@H]1O. The van der Waals surface area contributed by atoms with E-state index in [1.165, 1.54) is 6.07 Å². The fourth-order valence-corrected chi connectivity index (χ4v) is 3.32. The zero-order valence-electron chi connectivity index (χ0n) is 11.5. The number of halogens is 2. The Kier molecular flexibility index (Phi) is 4.49. The summed E-state index contributed by atoms with van der Waals surface area (Å²) in [4.78, 5) is 2.06. The van der Waals surface area contributed by atoms with E-state index < -0.39 is 11.9 Å². The number of hydrogen-bond donors (Lipinski definition) is 1. The molecule has 2 atom stereocenters. The molecule has 106 valence electrons. The van der Waals surface area contributed by atoms with E-state index in [1.54, 1.807) is 6.07 Å². The van der Waals surface area contributed by atoms with Gasteiger partial charge in [-0.15, -0.1) is 0 Å². The Morgan fingerprint density at radius 1 is 1.42 bits per heavy atom. The lowest BCUT2D eigenvalue weighted by molar-refractivity contribution is 0.0263. The quantitative estimate of drug-likeness (QED) is 0.922. The smallest absolute Gasteiger partial charge is 0.142 e. The van der Waals surface area contributed by atoms with E-state index in [-0.39, 0.29) is 10.4 Å². The molecule has 1 N–H and O–H groups in total. The van der Waals surface area contributed by atoms with Crippen molar-refractivity contribution in [2.24, 2.45) is 0 Å². The van der Waals surface area contributed by atoms with Gasteiger partial charge in [0.1, 0.15) is 5.82 Å². The Hall–Kier alpha value is -0.640. The van der Waals surface area contributed by atoms with Crippen LogP contribution in [0, 0.1) is 5.82 Å². The van der Waals surface area contributed by atoms with Crippen molar-refractivity contribution in [3.05, 3.63) is 34.6 Å². The van der Waals surface area contributed by atoms with Crippen LogP contribution in [-0.4, -0.2) is 36.8 Å². The van der Waals surface area contributed by atoms with Crippen molar-refractivity contribution < 1.29 is 9.50 Å². The lowest BCUT2D eigenvalue weighted by Gasteiger charge is -2.43. The summed E-state index contributed by atoms with van der Waals surface area (Å²) in [6.45, 7) is 0.717. The van der Waals surface area contributed by atoms with Gasteiger partial charge in [0.05, 0.1) is 11.1 Å². The number of hydrogen-bond acceptors (Lipinski definition) is 2. The minimum atomic E-state index is -0.427. The molecule has 1 aromatic carbocycles. The Morgan fingerprint density at radius 3 is 2.74 bits per heavy atom. The minimum Gasteiger partial charge on any atom is -0.392 e. The maximum atomic E-state index is 13.7. The molecule has 0 bridgehead atoms. The molecular weight excluding hydrogens is 265 g/mol. The number of likely N-dealkylation sites (N-methyl/N-ethyl adjacent to an activating group) is 1. The lowest BCUT2D eigenvalue weighted by atomic mass is 9.67. The van der Waals surface area contributed by atoms with Gasteiger partial charge in [-0.25, -0.2) is 4.39 Å². The van der Waals surface area contributed by atoms with Crippen LogP contribution in [0.4, 0.5) is 4.39 Å². The predicted molar refractivity (Wildman–Crippen MR) is 76.1 cm³/mol. The molecule has 1 aromatic rings. The third kappa shape index (κ3) is 2.93. The van der Waals surface area contributed by atoms with Gasteiger partial charge in [-0.2, -0.15) is 0 Å². The molecule has 2 rings (SSSR count).